The predicted octanol–water partition coefficient (Wildman–Crippen LogP) is 22.9. The highest BCUT2D eigenvalue weighted by atomic mass is 16.5. The van der Waals surface area contributed by atoms with E-state index in [1.54, 1.807) is 48.7 Å². The number of imidazole rings is 1. The van der Waals surface area contributed by atoms with Gasteiger partial charge in [-0.2, -0.15) is 0 Å². The van der Waals surface area contributed by atoms with E-state index in [2.05, 4.69) is 27.1 Å². The van der Waals surface area contributed by atoms with Crippen molar-refractivity contribution < 1.29 is 60.0 Å². The number of benzene rings is 11. The molecule has 0 atom stereocenters. The van der Waals surface area contributed by atoms with E-state index in [1.165, 1.54) is 10.6 Å². The van der Waals surface area contributed by atoms with E-state index in [0.29, 0.717) is 22.5 Å². The Morgan fingerprint density at radius 2 is 1.08 bits per heavy atom. The standard InChI is InChI=1S/C88H78N4O/c1-85(2,3)68-37-33-61(34-38-68)62-36-42-80-82(53-62)90(70-29-22-30-71(55-70)93-72-39-40-74-73-31-20-21-32-79(73)92(81(74)56-72)83-54-69(43-46-89-83)86(4,5)6)57-91(80)84-75(63-35-41-77-78(52-63)88(9,10)45-44-87(77,7)8)50-66(60-27-18-13-19-28-60)51-76(84)67-48-64(58-23-14-11-15-24-58)47-65(49-67)59-25-16-12-17-26-59/h11-43,46-56H,44-45H2,1-10H3/i7D3,8D3,9D3,10D3,11D,12D,13D,14D,15D,16D,17D,18D,19D,23D,24D,25D,26D,27D,28D,35D,41D,44D2,45D2,47D,48D,49D,52D. The summed E-state index contributed by atoms with van der Waals surface area (Å²) >= 11 is 0. The molecule has 1 aliphatic carbocycles. The van der Waals surface area contributed by atoms with Gasteiger partial charge in [0.25, 0.3) is 6.33 Å². The molecule has 15 rings (SSSR count). The summed E-state index contributed by atoms with van der Waals surface area (Å²) in [5, 5.41) is 1.70. The lowest BCUT2D eigenvalue weighted by atomic mass is 9.63. The normalized spacial score (nSPS) is 21.1. The zero-order chi connectivity index (χ0) is 95.8. The number of aromatic nitrogens is 4. The van der Waals surface area contributed by atoms with Crippen molar-refractivity contribution in [1.82, 2.24) is 14.1 Å². The molecule has 5 nitrogen and oxygen atoms in total. The minimum absolute atomic E-state index is 0.0404. The van der Waals surface area contributed by atoms with E-state index in [4.69, 9.17) is 30.3 Å². The van der Waals surface area contributed by atoms with Crippen LogP contribution in [0.1, 0.15) is 155 Å². The van der Waals surface area contributed by atoms with Gasteiger partial charge in [-0.3, -0.25) is 13.7 Å². The summed E-state index contributed by atoms with van der Waals surface area (Å²) in [6.07, 6.45) is -4.78. The Bertz CT molecular complexity index is 6970. The van der Waals surface area contributed by atoms with Gasteiger partial charge in [0, 0.05) is 45.0 Å². The topological polar surface area (TPSA) is 35.9 Å². The molecule has 0 spiro atoms. The van der Waals surface area contributed by atoms with Crippen molar-refractivity contribution in [3.8, 4) is 95.5 Å². The number of para-hydroxylation sites is 1. The summed E-state index contributed by atoms with van der Waals surface area (Å²) in [6.45, 7) is -6.28. The van der Waals surface area contributed by atoms with Crippen LogP contribution in [-0.4, -0.2) is 14.1 Å². The van der Waals surface area contributed by atoms with Crippen LogP contribution in [0.4, 0.5) is 0 Å². The van der Waals surface area contributed by atoms with E-state index < -0.39 is 250 Å². The molecule has 0 saturated carbocycles. The summed E-state index contributed by atoms with van der Waals surface area (Å²) in [5.74, 6) is 0.998. The van der Waals surface area contributed by atoms with Gasteiger partial charge < -0.3 is 4.74 Å². The first-order valence-electron chi connectivity index (χ1n) is 48.2. The Morgan fingerprint density at radius 1 is 0.473 bits per heavy atom. The number of rotatable bonds is 11. The predicted molar refractivity (Wildman–Crippen MR) is 388 cm³/mol. The maximum absolute atomic E-state index is 10.9. The summed E-state index contributed by atoms with van der Waals surface area (Å²) in [6, 6.07) is 11.5. The van der Waals surface area contributed by atoms with Gasteiger partial charge in [0.15, 0.2) is 0 Å². The maximum atomic E-state index is 10.9. The van der Waals surface area contributed by atoms with Gasteiger partial charge in [-0.05, 0) is 208 Å². The highest BCUT2D eigenvalue weighted by Gasteiger charge is 2.37. The van der Waals surface area contributed by atoms with Gasteiger partial charge in [-0.1, -0.05) is 238 Å². The molecule has 1 aliphatic rings. The second kappa shape index (κ2) is 22.8. The first-order chi connectivity index (χ1) is 60.1. The molecule has 0 radical (unpaired) electrons. The van der Waals surface area contributed by atoms with Crippen LogP contribution >= 0.6 is 0 Å². The molecule has 93 heavy (non-hydrogen) atoms. The smallest absolute Gasteiger partial charge is 0.269 e. The second-order valence-corrected chi connectivity index (χ2v) is 24.8. The van der Waals surface area contributed by atoms with Crippen LogP contribution in [-0.2, 0) is 21.7 Å². The molecule has 3 heterocycles. The van der Waals surface area contributed by atoms with Crippen LogP contribution in [0.2, 0.25) is 0 Å². The molecule has 0 fully saturated rings. The van der Waals surface area contributed by atoms with Crippen molar-refractivity contribution >= 4 is 32.8 Å². The Balaban J connectivity index is 1.19. The molecule has 14 aromatic rings. The van der Waals surface area contributed by atoms with Crippen LogP contribution in [0.25, 0.3) is 117 Å². The van der Waals surface area contributed by atoms with E-state index in [0.717, 1.165) is 44.1 Å². The van der Waals surface area contributed by atoms with E-state index >= 15 is 0 Å². The van der Waals surface area contributed by atoms with Gasteiger partial charge in [0.05, 0.1) is 62.2 Å². The molecule has 0 N–H and O–H groups in total. The third-order valence-electron chi connectivity index (χ3n) is 16.4. The lowest BCUT2D eigenvalue weighted by molar-refractivity contribution is -0.571. The largest absolute Gasteiger partial charge is 0.458 e. The Kier molecular flexibility index (Phi) is 7.56. The summed E-state index contributed by atoms with van der Waals surface area (Å²) in [5.41, 5.74) is -20.9. The van der Waals surface area contributed by atoms with Crippen LogP contribution in [0.3, 0.4) is 0 Å². The minimum atomic E-state index is -4.93. The van der Waals surface area contributed by atoms with Crippen molar-refractivity contribution in [2.24, 2.45) is 0 Å². The van der Waals surface area contributed by atoms with E-state index in [-0.39, 0.29) is 39.0 Å². The Hall–Kier alpha value is -10.4. The molecule has 3 aromatic heterocycles. The molecule has 0 amide bonds. The van der Waals surface area contributed by atoms with Crippen molar-refractivity contribution in [2.75, 3.05) is 0 Å². The summed E-state index contributed by atoms with van der Waals surface area (Å²) < 4.78 is 363. The number of hydrogen-bond donors (Lipinski definition) is 0. The number of hydrogen-bond acceptors (Lipinski definition) is 2. The van der Waals surface area contributed by atoms with Gasteiger partial charge in [0.2, 0.25) is 0 Å². The van der Waals surface area contributed by atoms with Crippen molar-refractivity contribution in [3.63, 3.8) is 0 Å². The van der Waals surface area contributed by atoms with Crippen LogP contribution < -0.4 is 9.30 Å². The fourth-order valence-electron chi connectivity index (χ4n) is 11.7. The average Bonchev–Trinajstić information content (AvgIpc) is 0.672. The first-order valence-corrected chi connectivity index (χ1v) is 29.7. The summed E-state index contributed by atoms with van der Waals surface area (Å²) in [4.78, 5) is 4.84. The van der Waals surface area contributed by atoms with Gasteiger partial charge in [-0.15, -0.1) is 0 Å². The third kappa shape index (κ3) is 11.0. The third-order valence-corrected chi connectivity index (χ3v) is 16.4. The average molecular weight is 1240 g/mol. The second-order valence-electron chi connectivity index (χ2n) is 24.8. The number of pyridine rings is 1. The quantitative estimate of drug-likeness (QED) is 0.0956. The molecule has 11 aromatic carbocycles. The number of fused-ring (bicyclic) bond motifs is 5. The lowest BCUT2D eigenvalue weighted by Gasteiger charge is -2.42. The van der Waals surface area contributed by atoms with Crippen LogP contribution in [0.15, 0.2) is 267 Å². The fourth-order valence-corrected chi connectivity index (χ4v) is 11.7. The summed E-state index contributed by atoms with van der Waals surface area (Å²) in [7, 11) is 0. The highest BCUT2D eigenvalue weighted by Crippen LogP contribution is 2.49. The molecule has 0 aliphatic heterocycles. The Labute approximate surface area is 599 Å². The monoisotopic (exact) mass is 1240 g/mol. The molecular weight excluding hydrogens is 1130 g/mol. The van der Waals surface area contributed by atoms with Crippen LogP contribution in [0, 0.1) is 6.33 Å². The van der Waals surface area contributed by atoms with E-state index in [9.17, 15) is 30.2 Å². The minimum Gasteiger partial charge on any atom is -0.458 e. The van der Waals surface area contributed by atoms with Crippen molar-refractivity contribution in [3.05, 3.63) is 295 Å². The number of ether oxygens (including phenoxy) is 1. The SMILES string of the molecule is [2H]c1c([2H])c([2H])c(-c2cc(-c3c([2H])c(-c4c([2H])c([2H])c([2H])c([2H])c4[2H])c([2H])c(-c4c([2H])c([2H])c([2H])c([2H])c4[2H])c3[2H])c(-[n+]3[c-]n(-c4cccc(Oc5ccc6c7ccccc7n(-c7cc(C(C)(C)C)ccn7)c6c5)c4)c4cc(-c5ccc(C(C)(C)C)cc5)ccc43)c(-c3c([2H])c([2H])c4c(c3[2H])C(C([2H])([2H])[2H])(C([2H])([2H])[2H])C([2H])([2H])C([2H])([2H])C4(C([2H])([2H])[2H])C([2H])([2H])[2H])c2)c([2H])c1[2H]. The maximum Gasteiger partial charge on any atom is 0.269 e. The van der Waals surface area contributed by atoms with Crippen molar-refractivity contribution in [2.45, 2.75) is 103 Å². The van der Waals surface area contributed by atoms with Gasteiger partial charge >= 0.3 is 0 Å². The zero-order valence-electron chi connectivity index (χ0n) is 88.0. The first kappa shape index (κ1) is 30.8. The number of nitrogens with zero attached hydrogens (tertiary/aromatic N) is 4. The fraction of sp³-hybridized carbons (Fsp3) is 0.182. The van der Waals surface area contributed by atoms with Gasteiger partial charge in [0.1, 0.15) is 17.3 Å². The molecule has 0 unspecified atom stereocenters. The van der Waals surface area contributed by atoms with Crippen LogP contribution in [0.5, 0.6) is 11.5 Å². The van der Waals surface area contributed by atoms with E-state index in [1.807, 2.05) is 98.1 Å². The molecule has 5 heteroatoms. The zero-order valence-corrected chi connectivity index (χ0v) is 51.0. The molecular formula is C88H78N4O. The highest BCUT2D eigenvalue weighted by molar-refractivity contribution is 6.09. The lowest BCUT2D eigenvalue weighted by Crippen LogP contribution is -2.34. The van der Waals surface area contributed by atoms with Gasteiger partial charge in [-0.25, -0.2) is 4.98 Å². The van der Waals surface area contributed by atoms with Crippen molar-refractivity contribution in [1.29, 1.82) is 0 Å². The Morgan fingerprint density at radius 3 is 1.74 bits per heavy atom. The molecule has 456 valence electrons. The molecule has 0 bridgehead atoms. The molecule has 0 saturated heterocycles.